The van der Waals surface area contributed by atoms with E-state index < -0.39 is 0 Å². The average molecular weight is 268 g/mol. The molecular weight excluding hydrogens is 254 g/mol. The third-order valence-electron chi connectivity index (χ3n) is 2.03. The Morgan fingerprint density at radius 1 is 1.47 bits per heavy atom. The van der Waals surface area contributed by atoms with E-state index in [4.69, 9.17) is 0 Å². The lowest BCUT2D eigenvalue weighted by atomic mass is 10.1. The fourth-order valence-electron chi connectivity index (χ4n) is 1.22. The lowest BCUT2D eigenvalue weighted by Crippen LogP contribution is -2.22. The highest BCUT2D eigenvalue weighted by atomic mass is 79.9. The molecule has 80 valence electrons. The normalized spacial score (nSPS) is 9.73. The topological polar surface area (TPSA) is 29.1 Å². The predicted octanol–water partition coefficient (Wildman–Crippen LogP) is 2.84. The maximum absolute atomic E-state index is 11.6. The molecule has 1 rings (SSSR count). The summed E-state index contributed by atoms with van der Waals surface area (Å²) in [6.45, 7) is 6.45. The molecule has 0 aliphatic carbocycles. The third kappa shape index (κ3) is 3.20. The van der Waals surface area contributed by atoms with Crippen LogP contribution in [0.2, 0.25) is 0 Å². The number of allylic oxidation sites excluding steroid dienone is 1. The molecule has 1 N–H and O–H groups in total. The summed E-state index contributed by atoms with van der Waals surface area (Å²) in [6, 6.07) is 7.48. The van der Waals surface area contributed by atoms with Crippen molar-refractivity contribution >= 4 is 27.4 Å². The minimum Gasteiger partial charge on any atom is -0.352 e. The first-order chi connectivity index (χ1) is 7.19. The first kappa shape index (κ1) is 12.0. The summed E-state index contributed by atoms with van der Waals surface area (Å²) in [6.07, 6.45) is 0. The lowest BCUT2D eigenvalue weighted by molar-refractivity contribution is 0.0956. The van der Waals surface area contributed by atoms with E-state index in [9.17, 15) is 4.79 Å². The molecule has 0 bridgehead atoms. The Balaban J connectivity index is 2.92. The summed E-state index contributed by atoms with van der Waals surface area (Å²) in [7, 11) is 0. The number of amides is 1. The Labute approximate surface area is 98.5 Å². The number of halogens is 1. The Hall–Kier alpha value is -1.09. The van der Waals surface area contributed by atoms with Crippen molar-refractivity contribution in [1.82, 2.24) is 5.32 Å². The van der Waals surface area contributed by atoms with Crippen LogP contribution in [0.3, 0.4) is 0 Å². The highest BCUT2D eigenvalue weighted by Gasteiger charge is 2.05. The van der Waals surface area contributed by atoms with Crippen molar-refractivity contribution < 1.29 is 4.79 Å². The van der Waals surface area contributed by atoms with Gasteiger partial charge in [-0.05, 0) is 30.2 Å². The van der Waals surface area contributed by atoms with Gasteiger partial charge < -0.3 is 5.32 Å². The first-order valence-electron chi connectivity index (χ1n) is 4.81. The summed E-state index contributed by atoms with van der Waals surface area (Å²) in [5, 5.41) is 3.48. The summed E-state index contributed by atoms with van der Waals surface area (Å²) in [5.41, 5.74) is 2.65. The second-order valence-electron chi connectivity index (χ2n) is 3.18. The van der Waals surface area contributed by atoms with E-state index >= 15 is 0 Å². The lowest BCUT2D eigenvalue weighted by Gasteiger charge is -2.05. The van der Waals surface area contributed by atoms with Gasteiger partial charge in [0.25, 0.3) is 5.91 Å². The van der Waals surface area contributed by atoms with Gasteiger partial charge in [-0.15, -0.1) is 0 Å². The van der Waals surface area contributed by atoms with Crippen molar-refractivity contribution in [2.24, 2.45) is 0 Å². The van der Waals surface area contributed by atoms with E-state index in [-0.39, 0.29) is 5.91 Å². The van der Waals surface area contributed by atoms with E-state index in [1.165, 1.54) is 0 Å². The van der Waals surface area contributed by atoms with E-state index in [0.29, 0.717) is 17.4 Å². The van der Waals surface area contributed by atoms with Gasteiger partial charge in [-0.3, -0.25) is 4.79 Å². The van der Waals surface area contributed by atoms with Crippen molar-refractivity contribution in [2.45, 2.75) is 6.92 Å². The minimum atomic E-state index is -0.0401. The van der Waals surface area contributed by atoms with E-state index in [1.54, 1.807) is 6.07 Å². The number of hydrogen-bond acceptors (Lipinski definition) is 1. The van der Waals surface area contributed by atoms with Gasteiger partial charge in [-0.1, -0.05) is 34.6 Å². The number of carbonyl (C=O) groups is 1. The Bertz CT molecular complexity index is 374. The van der Waals surface area contributed by atoms with Gasteiger partial charge in [0.2, 0.25) is 0 Å². The predicted molar refractivity (Wildman–Crippen MR) is 67.3 cm³/mol. The quantitative estimate of drug-likeness (QED) is 0.836. The summed E-state index contributed by atoms with van der Waals surface area (Å²) < 4.78 is 0. The molecule has 0 heterocycles. The third-order valence-corrected chi connectivity index (χ3v) is 2.71. The second-order valence-corrected chi connectivity index (χ2v) is 3.74. The molecule has 1 amide bonds. The number of rotatable bonds is 4. The molecule has 0 saturated carbocycles. The number of carbonyl (C=O) groups excluding carboxylic acids is 1. The highest BCUT2D eigenvalue weighted by Crippen LogP contribution is 2.16. The molecule has 0 atom stereocenters. The molecule has 1 aromatic rings. The number of benzene rings is 1. The van der Waals surface area contributed by atoms with Crippen LogP contribution < -0.4 is 5.32 Å². The standard InChI is InChI=1S/C12H14BrNO/c1-3-14-12(15)11-6-4-5-10(7-11)9(2)8-13/h4-7H,2-3,8H2,1H3,(H,14,15). The fraction of sp³-hybridized carbons (Fsp3) is 0.250. The van der Waals surface area contributed by atoms with Crippen LogP contribution in [0.25, 0.3) is 5.57 Å². The summed E-state index contributed by atoms with van der Waals surface area (Å²) in [5.74, 6) is -0.0401. The van der Waals surface area contributed by atoms with Crippen LogP contribution in [0, 0.1) is 0 Å². The number of nitrogens with one attached hydrogen (secondary N) is 1. The Morgan fingerprint density at radius 3 is 2.73 bits per heavy atom. The molecular formula is C12H14BrNO. The molecule has 15 heavy (non-hydrogen) atoms. The van der Waals surface area contributed by atoms with Gasteiger partial charge >= 0.3 is 0 Å². The van der Waals surface area contributed by atoms with E-state index in [1.807, 2.05) is 25.1 Å². The monoisotopic (exact) mass is 267 g/mol. The van der Waals surface area contributed by atoms with Crippen LogP contribution in [-0.4, -0.2) is 17.8 Å². The average Bonchev–Trinajstić information content (AvgIpc) is 2.28. The number of hydrogen-bond donors (Lipinski definition) is 1. The molecule has 3 heteroatoms. The zero-order valence-corrected chi connectivity index (χ0v) is 10.3. The molecule has 0 fully saturated rings. The number of alkyl halides is 1. The molecule has 2 nitrogen and oxygen atoms in total. The van der Waals surface area contributed by atoms with E-state index in [0.717, 1.165) is 11.1 Å². The maximum atomic E-state index is 11.6. The van der Waals surface area contributed by atoms with Crippen molar-refractivity contribution in [2.75, 3.05) is 11.9 Å². The molecule has 0 saturated heterocycles. The van der Waals surface area contributed by atoms with Crippen LogP contribution >= 0.6 is 15.9 Å². The minimum absolute atomic E-state index is 0.0401. The van der Waals surface area contributed by atoms with Crippen LogP contribution in [0.5, 0.6) is 0 Å². The zero-order valence-electron chi connectivity index (χ0n) is 8.72. The first-order valence-corrected chi connectivity index (χ1v) is 5.93. The van der Waals surface area contributed by atoms with Gasteiger partial charge in [0.1, 0.15) is 0 Å². The molecule has 0 aromatic heterocycles. The SMILES string of the molecule is C=C(CBr)c1cccc(C(=O)NCC)c1. The van der Waals surface area contributed by atoms with Gasteiger partial charge in [-0.2, -0.15) is 0 Å². The van der Waals surface area contributed by atoms with Gasteiger partial charge in [0.15, 0.2) is 0 Å². The molecule has 1 aromatic carbocycles. The Morgan fingerprint density at radius 2 is 2.13 bits per heavy atom. The highest BCUT2D eigenvalue weighted by molar-refractivity contribution is 9.09. The van der Waals surface area contributed by atoms with Crippen LogP contribution in [0.4, 0.5) is 0 Å². The molecule has 0 aliphatic heterocycles. The summed E-state index contributed by atoms with van der Waals surface area (Å²) >= 11 is 3.34. The summed E-state index contributed by atoms with van der Waals surface area (Å²) in [4.78, 5) is 11.6. The van der Waals surface area contributed by atoms with Crippen LogP contribution in [-0.2, 0) is 0 Å². The van der Waals surface area contributed by atoms with Gasteiger partial charge in [0, 0.05) is 17.4 Å². The fourth-order valence-corrected chi connectivity index (χ4v) is 1.54. The van der Waals surface area contributed by atoms with Gasteiger partial charge in [0.05, 0.1) is 0 Å². The zero-order chi connectivity index (χ0) is 11.3. The molecule has 0 unspecified atom stereocenters. The van der Waals surface area contributed by atoms with Crippen molar-refractivity contribution in [3.05, 3.63) is 42.0 Å². The molecule has 0 aliphatic rings. The van der Waals surface area contributed by atoms with E-state index in [2.05, 4.69) is 27.8 Å². The van der Waals surface area contributed by atoms with Crippen molar-refractivity contribution in [3.63, 3.8) is 0 Å². The van der Waals surface area contributed by atoms with Crippen molar-refractivity contribution in [3.8, 4) is 0 Å². The maximum Gasteiger partial charge on any atom is 0.251 e. The van der Waals surface area contributed by atoms with Gasteiger partial charge in [-0.25, -0.2) is 0 Å². The molecule has 0 spiro atoms. The van der Waals surface area contributed by atoms with Crippen LogP contribution in [0.1, 0.15) is 22.8 Å². The van der Waals surface area contributed by atoms with Crippen LogP contribution in [0.15, 0.2) is 30.8 Å². The molecule has 0 radical (unpaired) electrons. The largest absolute Gasteiger partial charge is 0.352 e. The second kappa shape index (κ2) is 5.71. The smallest absolute Gasteiger partial charge is 0.251 e. The van der Waals surface area contributed by atoms with Crippen molar-refractivity contribution in [1.29, 1.82) is 0 Å². The Kier molecular flexibility index (Phi) is 4.56.